The Bertz CT molecular complexity index is 1760. The van der Waals surface area contributed by atoms with Crippen molar-refractivity contribution in [2.24, 2.45) is 7.05 Å². The smallest absolute Gasteiger partial charge is 0.254 e. The Balaban J connectivity index is 1.20. The van der Waals surface area contributed by atoms with Crippen LogP contribution in [0.4, 0.5) is 0 Å². The van der Waals surface area contributed by atoms with E-state index in [1.54, 1.807) is 46.1 Å². The number of ketones is 1. The number of aromatic nitrogens is 3. The molecule has 45 heavy (non-hydrogen) atoms. The summed E-state index contributed by atoms with van der Waals surface area (Å²) < 4.78 is 20.1. The average Bonchev–Trinajstić information content (AvgIpc) is 3.46. The van der Waals surface area contributed by atoms with Crippen molar-refractivity contribution < 1.29 is 33.7 Å². The van der Waals surface area contributed by atoms with Gasteiger partial charge >= 0.3 is 0 Å². The lowest BCUT2D eigenvalue weighted by Crippen LogP contribution is -2.52. The number of Topliss-reactive ketones (excluding diaryl/α,β-unsaturated/α-hetero) is 1. The summed E-state index contributed by atoms with van der Waals surface area (Å²) in [5.74, 6) is 0.0539. The highest BCUT2D eigenvalue weighted by Crippen LogP contribution is 2.43. The van der Waals surface area contributed by atoms with Crippen molar-refractivity contribution in [3.63, 3.8) is 0 Å². The van der Waals surface area contributed by atoms with Gasteiger partial charge in [0.05, 0.1) is 48.6 Å². The van der Waals surface area contributed by atoms with Crippen molar-refractivity contribution in [3.05, 3.63) is 77.7 Å². The lowest BCUT2D eigenvalue weighted by atomic mass is 9.82. The minimum Gasteiger partial charge on any atom is -0.545 e. The maximum Gasteiger partial charge on any atom is 0.254 e. The molecule has 0 aliphatic carbocycles. The molecule has 1 fully saturated rings. The van der Waals surface area contributed by atoms with E-state index >= 15 is 0 Å². The van der Waals surface area contributed by atoms with Gasteiger partial charge in [0.15, 0.2) is 5.78 Å². The third-order valence-corrected chi connectivity index (χ3v) is 8.25. The van der Waals surface area contributed by atoms with Crippen LogP contribution in [0.15, 0.2) is 61.1 Å². The Labute approximate surface area is 260 Å². The Hall–Kier alpha value is -5.19. The molecule has 0 unspecified atom stereocenters. The molecular weight excluding hydrogens is 576 g/mol. The number of aromatic carboxylic acids is 1. The van der Waals surface area contributed by atoms with Crippen LogP contribution in [-0.2, 0) is 7.05 Å². The predicted octanol–water partition coefficient (Wildman–Crippen LogP) is 3.95. The Morgan fingerprint density at radius 2 is 1.69 bits per heavy atom. The average molecular weight is 610 g/mol. The number of piperidine rings is 1. The maximum absolute atomic E-state index is 13.8. The van der Waals surface area contributed by atoms with Crippen molar-refractivity contribution in [2.45, 2.75) is 38.7 Å². The summed E-state index contributed by atoms with van der Waals surface area (Å²) in [4.78, 5) is 44.5. The molecule has 2 aromatic carbocycles. The number of rotatable bonds is 8. The van der Waals surface area contributed by atoms with Gasteiger partial charge in [0.25, 0.3) is 5.91 Å². The molecule has 0 bridgehead atoms. The number of likely N-dealkylation sites (tertiary alicyclic amines) is 1. The molecule has 4 aromatic rings. The van der Waals surface area contributed by atoms with E-state index < -0.39 is 11.6 Å². The van der Waals surface area contributed by atoms with Gasteiger partial charge < -0.3 is 29.0 Å². The van der Waals surface area contributed by atoms with E-state index in [-0.39, 0.29) is 23.7 Å². The third-order valence-electron chi connectivity index (χ3n) is 8.25. The lowest BCUT2D eigenvalue weighted by molar-refractivity contribution is -0.255. The molecule has 0 N–H and O–H groups in total. The highest BCUT2D eigenvalue weighted by atomic mass is 16.5. The maximum atomic E-state index is 13.8. The molecule has 0 saturated carbocycles. The normalized spacial score (nSPS) is 15.4. The third kappa shape index (κ3) is 5.85. The number of carboxylic acids is 1. The van der Waals surface area contributed by atoms with E-state index in [2.05, 4.69) is 10.1 Å². The number of ether oxygens (including phenoxy) is 3. The van der Waals surface area contributed by atoms with Gasteiger partial charge in [-0.25, -0.2) is 0 Å². The Morgan fingerprint density at radius 3 is 2.31 bits per heavy atom. The first-order chi connectivity index (χ1) is 21.7. The number of aryl methyl sites for hydroxylation is 1. The second kappa shape index (κ2) is 12.1. The molecule has 11 heteroatoms. The molecular formula is C34H33N4O7-. The zero-order chi connectivity index (χ0) is 31.7. The van der Waals surface area contributed by atoms with Crippen LogP contribution in [0.25, 0.3) is 22.4 Å². The largest absolute Gasteiger partial charge is 0.545 e. The van der Waals surface area contributed by atoms with E-state index in [1.165, 1.54) is 18.3 Å². The Morgan fingerprint density at radius 1 is 0.978 bits per heavy atom. The molecule has 0 atom stereocenters. The van der Waals surface area contributed by atoms with Crippen molar-refractivity contribution in [2.75, 3.05) is 26.3 Å². The van der Waals surface area contributed by atoms with Crippen molar-refractivity contribution in [3.8, 4) is 39.6 Å². The zero-order valence-electron chi connectivity index (χ0n) is 25.4. The number of nitrogens with zero attached hydrogens (tertiary/aromatic N) is 4. The first-order valence-electron chi connectivity index (χ1n) is 15.0. The highest BCUT2D eigenvalue weighted by Gasteiger charge is 2.44. The minimum absolute atomic E-state index is 0.00761. The van der Waals surface area contributed by atoms with Crippen molar-refractivity contribution in [1.29, 1.82) is 0 Å². The number of benzene rings is 2. The summed E-state index contributed by atoms with van der Waals surface area (Å²) in [5, 5.41) is 15.6. The quantitative estimate of drug-likeness (QED) is 0.291. The van der Waals surface area contributed by atoms with E-state index in [4.69, 9.17) is 14.2 Å². The lowest BCUT2D eigenvalue weighted by Gasteiger charge is -2.44. The second-order valence-corrected chi connectivity index (χ2v) is 11.2. The molecule has 2 aliphatic heterocycles. The van der Waals surface area contributed by atoms with Gasteiger partial charge in [-0.05, 0) is 56.3 Å². The zero-order valence-corrected chi connectivity index (χ0v) is 25.4. The van der Waals surface area contributed by atoms with Crippen LogP contribution < -0.4 is 19.3 Å². The molecule has 2 aliphatic rings. The highest BCUT2D eigenvalue weighted by molar-refractivity contribution is 6.02. The van der Waals surface area contributed by atoms with E-state index in [9.17, 15) is 19.5 Å². The van der Waals surface area contributed by atoms with Crippen LogP contribution in [-0.4, -0.2) is 69.2 Å². The molecule has 6 rings (SSSR count). The number of fused-ring (bicyclic) bond motifs is 1. The van der Waals surface area contributed by atoms with Crippen LogP contribution in [0.2, 0.25) is 0 Å². The number of pyridine rings is 1. The molecule has 1 saturated heterocycles. The van der Waals surface area contributed by atoms with Gasteiger partial charge in [-0.15, -0.1) is 0 Å². The first-order valence-corrected chi connectivity index (χ1v) is 15.0. The van der Waals surface area contributed by atoms with Gasteiger partial charge in [-0.3, -0.25) is 19.3 Å². The number of carboxylic acid groups (broad SMARTS) is 1. The molecule has 11 nitrogen and oxygen atoms in total. The molecule has 1 amide bonds. The van der Waals surface area contributed by atoms with Gasteiger partial charge in [0.1, 0.15) is 22.8 Å². The Kier molecular flexibility index (Phi) is 8.01. The summed E-state index contributed by atoms with van der Waals surface area (Å²) in [6.07, 6.45) is 6.17. The SMILES string of the molecule is CCOc1cc(C(=O)N2CCC3(CC2)CC(=O)c2cc(-c4cc(C(=O)[O-])ccn4)ccc2O3)cc(OCC)c1-c1cnn(C)c1. The topological polar surface area (TPSA) is 136 Å². The van der Waals surface area contributed by atoms with Gasteiger partial charge in [-0.1, -0.05) is 0 Å². The molecule has 0 radical (unpaired) electrons. The number of carbonyl (C=O) groups is 3. The van der Waals surface area contributed by atoms with Crippen LogP contribution in [0.5, 0.6) is 17.2 Å². The fourth-order valence-corrected chi connectivity index (χ4v) is 6.03. The van der Waals surface area contributed by atoms with E-state index in [1.807, 2.05) is 27.1 Å². The van der Waals surface area contributed by atoms with Crippen molar-refractivity contribution >= 4 is 17.7 Å². The van der Waals surface area contributed by atoms with Crippen molar-refractivity contribution in [1.82, 2.24) is 19.7 Å². The summed E-state index contributed by atoms with van der Waals surface area (Å²) in [6, 6.07) is 11.5. The number of carbonyl (C=O) groups excluding carboxylic acids is 3. The molecule has 1 spiro atoms. The minimum atomic E-state index is -1.30. The number of amides is 1. The first kappa shape index (κ1) is 29.9. The molecule has 232 valence electrons. The summed E-state index contributed by atoms with van der Waals surface area (Å²) in [5.41, 5.74) is 2.79. The van der Waals surface area contributed by atoms with E-state index in [0.717, 1.165) is 11.1 Å². The van der Waals surface area contributed by atoms with Crippen LogP contribution in [0.1, 0.15) is 64.2 Å². The predicted molar refractivity (Wildman–Crippen MR) is 162 cm³/mol. The monoisotopic (exact) mass is 609 g/mol. The van der Waals surface area contributed by atoms with E-state index in [0.29, 0.717) is 78.8 Å². The standard InChI is InChI=1S/C34H34N4O7/c1-4-43-29-16-23(17-30(44-5-2)31(29)24-19-36-37(3)20-24)32(40)38-12-9-34(10-13-38)18-27(39)25-14-21(6-7-28(25)45-34)26-15-22(33(41)42)8-11-35-26/h6-8,11,14-17,19-20H,4-5,9-10,12-13,18H2,1-3H3,(H,41,42)/p-1. The fourth-order valence-electron chi connectivity index (χ4n) is 6.03. The second-order valence-electron chi connectivity index (χ2n) is 11.2. The van der Waals surface area contributed by atoms with Gasteiger partial charge in [-0.2, -0.15) is 5.10 Å². The molecule has 2 aromatic heterocycles. The number of hydrogen-bond donors (Lipinski definition) is 0. The summed E-state index contributed by atoms with van der Waals surface area (Å²) in [7, 11) is 1.84. The fraction of sp³-hybridized carbons (Fsp3) is 0.324. The van der Waals surface area contributed by atoms with Gasteiger partial charge in [0, 0.05) is 67.6 Å². The van der Waals surface area contributed by atoms with Crippen LogP contribution in [0, 0.1) is 0 Å². The van der Waals surface area contributed by atoms with Crippen LogP contribution >= 0.6 is 0 Å². The van der Waals surface area contributed by atoms with Crippen LogP contribution in [0.3, 0.4) is 0 Å². The number of hydrogen-bond acceptors (Lipinski definition) is 9. The molecule has 4 heterocycles. The van der Waals surface area contributed by atoms with Gasteiger partial charge in [0.2, 0.25) is 0 Å². The summed E-state index contributed by atoms with van der Waals surface area (Å²) >= 11 is 0. The summed E-state index contributed by atoms with van der Waals surface area (Å²) in [6.45, 7) is 5.44.